The zero-order valence-electron chi connectivity index (χ0n) is 15.8. The topological polar surface area (TPSA) is 79.8 Å². The Balaban J connectivity index is 1.86. The summed E-state index contributed by atoms with van der Waals surface area (Å²) in [4.78, 5) is 32.6. The molecule has 0 radical (unpaired) electrons. The summed E-state index contributed by atoms with van der Waals surface area (Å²) in [5.41, 5.74) is 3.37. The summed E-state index contributed by atoms with van der Waals surface area (Å²) in [6.45, 7) is 6.42. The minimum absolute atomic E-state index is 0.178. The monoisotopic (exact) mass is 364 g/mol. The van der Waals surface area contributed by atoms with E-state index in [1.807, 2.05) is 24.3 Å². The highest BCUT2D eigenvalue weighted by molar-refractivity contribution is 5.95. The number of aryl methyl sites for hydroxylation is 1. The fourth-order valence-electron chi connectivity index (χ4n) is 2.96. The lowest BCUT2D eigenvalue weighted by Crippen LogP contribution is -2.34. The Morgan fingerprint density at radius 2 is 2.11 bits per heavy atom. The van der Waals surface area contributed by atoms with Crippen LogP contribution in [0.1, 0.15) is 46.9 Å². The molecule has 1 aromatic carbocycles. The molecule has 3 aromatic rings. The second-order valence-corrected chi connectivity index (χ2v) is 6.88. The van der Waals surface area contributed by atoms with E-state index >= 15 is 0 Å². The lowest BCUT2D eigenvalue weighted by atomic mass is 10.0. The standard InChI is InChI=1S/C21H24N4O2/c1-14(2)16-5-4-6-18(11-16)25-10-8-15(3)19(21(25)27)20(26)23-9-7-17-12-22-13-24-17/h4-6,8,10-14H,7,9H2,1-3H3,(H,22,24)(H,23,26). The number of aromatic nitrogens is 3. The average molecular weight is 364 g/mol. The average Bonchev–Trinajstić information content (AvgIpc) is 3.15. The van der Waals surface area contributed by atoms with Gasteiger partial charge in [0.15, 0.2) is 0 Å². The van der Waals surface area contributed by atoms with Gasteiger partial charge in [-0.05, 0) is 42.2 Å². The number of benzene rings is 1. The van der Waals surface area contributed by atoms with Gasteiger partial charge in [0.05, 0.1) is 6.33 Å². The zero-order valence-corrected chi connectivity index (χ0v) is 15.8. The van der Waals surface area contributed by atoms with E-state index in [0.717, 1.165) is 16.9 Å². The number of hydrogen-bond acceptors (Lipinski definition) is 3. The van der Waals surface area contributed by atoms with E-state index in [0.29, 0.717) is 24.4 Å². The van der Waals surface area contributed by atoms with Crippen molar-refractivity contribution in [1.82, 2.24) is 19.9 Å². The maximum absolute atomic E-state index is 13.0. The Kier molecular flexibility index (Phi) is 5.54. The third kappa shape index (κ3) is 4.16. The van der Waals surface area contributed by atoms with E-state index < -0.39 is 0 Å². The van der Waals surface area contributed by atoms with Crippen molar-refractivity contribution >= 4 is 5.91 Å². The number of H-pyrrole nitrogens is 1. The Hall–Kier alpha value is -3.15. The van der Waals surface area contributed by atoms with Crippen LogP contribution in [0.3, 0.4) is 0 Å². The van der Waals surface area contributed by atoms with Crippen molar-refractivity contribution in [3.05, 3.63) is 81.8 Å². The number of carbonyl (C=O) groups excluding carboxylic acids is 1. The first kappa shape index (κ1) is 18.6. The van der Waals surface area contributed by atoms with E-state index in [-0.39, 0.29) is 17.0 Å². The minimum Gasteiger partial charge on any atom is -0.351 e. The molecular weight excluding hydrogens is 340 g/mol. The van der Waals surface area contributed by atoms with Gasteiger partial charge in [-0.1, -0.05) is 26.0 Å². The number of aromatic amines is 1. The second kappa shape index (κ2) is 8.03. The molecule has 0 aliphatic heterocycles. The van der Waals surface area contributed by atoms with Crippen LogP contribution in [0.5, 0.6) is 0 Å². The van der Waals surface area contributed by atoms with Crippen molar-refractivity contribution in [2.45, 2.75) is 33.1 Å². The molecule has 2 heterocycles. The lowest BCUT2D eigenvalue weighted by Gasteiger charge is -2.13. The molecule has 27 heavy (non-hydrogen) atoms. The van der Waals surface area contributed by atoms with E-state index in [2.05, 4.69) is 29.1 Å². The molecule has 0 bridgehead atoms. The normalized spacial score (nSPS) is 11.0. The van der Waals surface area contributed by atoms with Crippen LogP contribution in [-0.2, 0) is 6.42 Å². The molecule has 0 aliphatic rings. The number of rotatable bonds is 6. The molecule has 0 atom stereocenters. The molecule has 0 aliphatic carbocycles. The Labute approximate surface area is 158 Å². The Morgan fingerprint density at radius 1 is 1.30 bits per heavy atom. The van der Waals surface area contributed by atoms with Gasteiger partial charge in [0.2, 0.25) is 0 Å². The van der Waals surface area contributed by atoms with Crippen LogP contribution in [0, 0.1) is 6.92 Å². The number of carbonyl (C=O) groups is 1. The summed E-state index contributed by atoms with van der Waals surface area (Å²) in [7, 11) is 0. The molecule has 0 saturated heterocycles. The third-order valence-corrected chi connectivity index (χ3v) is 4.58. The first-order valence-corrected chi connectivity index (χ1v) is 9.05. The van der Waals surface area contributed by atoms with Crippen LogP contribution in [-0.4, -0.2) is 27.0 Å². The maximum atomic E-state index is 13.0. The van der Waals surface area contributed by atoms with Gasteiger partial charge in [-0.25, -0.2) is 4.98 Å². The van der Waals surface area contributed by atoms with Crippen LogP contribution in [0.2, 0.25) is 0 Å². The molecule has 2 aromatic heterocycles. The van der Waals surface area contributed by atoms with Crippen LogP contribution in [0.4, 0.5) is 0 Å². The molecular formula is C21H24N4O2. The predicted octanol–water partition coefficient (Wildman–Crippen LogP) is 2.96. The van der Waals surface area contributed by atoms with Crippen LogP contribution in [0.15, 0.2) is 53.8 Å². The van der Waals surface area contributed by atoms with E-state index in [4.69, 9.17) is 0 Å². The van der Waals surface area contributed by atoms with Gasteiger partial charge in [-0.15, -0.1) is 0 Å². The first-order valence-electron chi connectivity index (χ1n) is 9.05. The number of hydrogen-bond donors (Lipinski definition) is 2. The summed E-state index contributed by atoms with van der Waals surface area (Å²) in [5, 5.41) is 2.83. The van der Waals surface area contributed by atoms with E-state index in [1.165, 1.54) is 4.57 Å². The second-order valence-electron chi connectivity index (χ2n) is 6.88. The molecule has 6 heteroatoms. The molecule has 0 saturated carbocycles. The van der Waals surface area contributed by atoms with Crippen LogP contribution >= 0.6 is 0 Å². The number of nitrogens with one attached hydrogen (secondary N) is 2. The molecule has 1 amide bonds. The molecule has 6 nitrogen and oxygen atoms in total. The van der Waals surface area contributed by atoms with Gasteiger partial charge in [-0.2, -0.15) is 0 Å². The highest BCUT2D eigenvalue weighted by Crippen LogP contribution is 2.17. The summed E-state index contributed by atoms with van der Waals surface area (Å²) in [6.07, 6.45) is 5.66. The summed E-state index contributed by atoms with van der Waals surface area (Å²) >= 11 is 0. The first-order chi connectivity index (χ1) is 13.0. The van der Waals surface area contributed by atoms with Crippen molar-refractivity contribution < 1.29 is 4.79 Å². The fourth-order valence-corrected chi connectivity index (χ4v) is 2.96. The predicted molar refractivity (Wildman–Crippen MR) is 105 cm³/mol. The zero-order chi connectivity index (χ0) is 19.4. The maximum Gasteiger partial charge on any atom is 0.268 e. The van der Waals surface area contributed by atoms with Crippen molar-refractivity contribution in [1.29, 1.82) is 0 Å². The number of pyridine rings is 1. The quantitative estimate of drug-likeness (QED) is 0.706. The molecule has 0 spiro atoms. The van der Waals surface area contributed by atoms with Crippen LogP contribution in [0.25, 0.3) is 5.69 Å². The smallest absolute Gasteiger partial charge is 0.268 e. The molecule has 0 unspecified atom stereocenters. The van der Waals surface area contributed by atoms with Gasteiger partial charge in [-0.3, -0.25) is 14.2 Å². The number of imidazole rings is 1. The van der Waals surface area contributed by atoms with Crippen molar-refractivity contribution in [2.75, 3.05) is 6.54 Å². The van der Waals surface area contributed by atoms with Crippen molar-refractivity contribution in [3.63, 3.8) is 0 Å². The summed E-state index contributed by atoms with van der Waals surface area (Å²) < 4.78 is 1.53. The number of amides is 1. The lowest BCUT2D eigenvalue weighted by molar-refractivity contribution is 0.0951. The molecule has 2 N–H and O–H groups in total. The Bertz CT molecular complexity index is 988. The summed E-state index contributed by atoms with van der Waals surface area (Å²) in [6, 6.07) is 9.63. The van der Waals surface area contributed by atoms with Gasteiger partial charge < -0.3 is 10.3 Å². The number of nitrogens with zero attached hydrogens (tertiary/aromatic N) is 2. The summed E-state index contributed by atoms with van der Waals surface area (Å²) in [5.74, 6) is 0.00253. The largest absolute Gasteiger partial charge is 0.351 e. The highest BCUT2D eigenvalue weighted by Gasteiger charge is 2.16. The van der Waals surface area contributed by atoms with Crippen molar-refractivity contribution in [3.8, 4) is 5.69 Å². The molecule has 0 fully saturated rings. The van der Waals surface area contributed by atoms with Crippen LogP contribution < -0.4 is 10.9 Å². The van der Waals surface area contributed by atoms with Gasteiger partial charge >= 0.3 is 0 Å². The SMILES string of the molecule is Cc1ccn(-c2cccc(C(C)C)c2)c(=O)c1C(=O)NCCc1cnc[nH]1. The van der Waals surface area contributed by atoms with E-state index in [1.54, 1.807) is 31.7 Å². The van der Waals surface area contributed by atoms with E-state index in [9.17, 15) is 9.59 Å². The van der Waals surface area contributed by atoms with Gasteiger partial charge in [0.25, 0.3) is 11.5 Å². The molecule has 140 valence electrons. The van der Waals surface area contributed by atoms with Crippen molar-refractivity contribution in [2.24, 2.45) is 0 Å². The Morgan fingerprint density at radius 3 is 2.81 bits per heavy atom. The minimum atomic E-state index is -0.355. The fraction of sp³-hybridized carbons (Fsp3) is 0.286. The van der Waals surface area contributed by atoms with Gasteiger partial charge in [0.1, 0.15) is 5.56 Å². The highest BCUT2D eigenvalue weighted by atomic mass is 16.2. The third-order valence-electron chi connectivity index (χ3n) is 4.58. The molecule has 3 rings (SSSR count). The van der Waals surface area contributed by atoms with Gasteiger partial charge in [0, 0.05) is 36.7 Å².